The van der Waals surface area contributed by atoms with Crippen molar-refractivity contribution in [2.75, 3.05) is 68.1 Å². The second-order valence-corrected chi connectivity index (χ2v) is 30.4. The molecule has 0 aliphatic carbocycles. The van der Waals surface area contributed by atoms with Crippen LogP contribution in [0.1, 0.15) is 48.5 Å². The molecule has 308 valence electrons. The van der Waals surface area contributed by atoms with Gasteiger partial charge in [0.1, 0.15) is 24.3 Å². The van der Waals surface area contributed by atoms with Gasteiger partial charge >= 0.3 is 60.9 Å². The molecule has 0 aromatic carbocycles. The molecule has 31 heteroatoms. The van der Waals surface area contributed by atoms with Crippen molar-refractivity contribution in [1.29, 1.82) is 0 Å². The molecular formula is C21H54Br4N9NaO12P4Si. The zero-order valence-corrected chi connectivity index (χ0v) is 44.5. The van der Waals surface area contributed by atoms with Gasteiger partial charge in [0, 0.05) is 9.82 Å². The fourth-order valence-corrected chi connectivity index (χ4v) is 5.84. The minimum Gasteiger partial charge on any atom is -0.373 e. The molecule has 0 heterocycles. The Hall–Kier alpha value is 1.83. The number of rotatable bonds is 19. The molecule has 0 aromatic heterocycles. The molecule has 0 atom stereocenters. The summed E-state index contributed by atoms with van der Waals surface area (Å²) in [6.07, 6.45) is -1.01. The summed E-state index contributed by atoms with van der Waals surface area (Å²) in [5.74, 6) is 0. The number of halogens is 4. The van der Waals surface area contributed by atoms with Crippen molar-refractivity contribution in [3.8, 4) is 0 Å². The molecule has 0 rings (SSSR count). The van der Waals surface area contributed by atoms with Crippen LogP contribution in [-0.2, 0) is 45.4 Å². The molecule has 2 N–H and O–H groups in total. The van der Waals surface area contributed by atoms with Gasteiger partial charge in [-0.05, 0) is 59.5 Å². The van der Waals surface area contributed by atoms with Crippen LogP contribution in [0.25, 0.3) is 36.9 Å². The second-order valence-electron chi connectivity index (χ2n) is 8.16. The zero-order chi connectivity index (χ0) is 41.8. The molecular weight excluding hydrogens is 1060 g/mol. The van der Waals surface area contributed by atoms with Crippen LogP contribution in [0.3, 0.4) is 0 Å². The van der Waals surface area contributed by atoms with Crippen LogP contribution in [0.15, 0.2) is 10.2 Å². The second kappa shape index (κ2) is 52.8. The fourth-order valence-electron chi connectivity index (χ4n) is 1.66. The molecule has 0 saturated carbocycles. The third kappa shape index (κ3) is 84.4. The molecule has 0 aromatic rings. The third-order valence-electron chi connectivity index (χ3n) is 2.76. The molecule has 0 fully saturated rings. The Bertz CT molecular complexity index is 1010. The first-order chi connectivity index (χ1) is 23.6. The molecule has 0 amide bonds. The number of nitrogens with zero attached hydrogens (tertiary/aromatic N) is 9. The Morgan fingerprint density at radius 1 is 0.635 bits per heavy atom. The van der Waals surface area contributed by atoms with E-state index < -0.39 is 44.4 Å². The summed E-state index contributed by atoms with van der Waals surface area (Å²) in [5, 5.41) is 6.07. The first kappa shape index (κ1) is 71.5. The topological polar surface area (TPSA) is 312 Å². The number of alkyl halides is 3. The van der Waals surface area contributed by atoms with E-state index in [1.807, 2.05) is 20.8 Å². The molecule has 52 heavy (non-hydrogen) atoms. The van der Waals surface area contributed by atoms with Crippen molar-refractivity contribution in [2.45, 2.75) is 68.1 Å². The summed E-state index contributed by atoms with van der Waals surface area (Å²) in [7, 11) is -11.1. The molecule has 0 bridgehead atoms. The summed E-state index contributed by atoms with van der Waals surface area (Å²) < 4.78 is 68.4. The average molecular weight is 1120 g/mol. The number of hydrogen-bond acceptors (Lipinski definition) is 12. The zero-order valence-electron chi connectivity index (χ0n) is 31.6. The van der Waals surface area contributed by atoms with Gasteiger partial charge < -0.3 is 52.5 Å². The summed E-state index contributed by atoms with van der Waals surface area (Å²) in [5.41, 5.74) is 29.0. The number of hydrogen-bond donors (Lipinski definition) is 2. The van der Waals surface area contributed by atoms with Gasteiger partial charge in [0.2, 0.25) is 0 Å². The van der Waals surface area contributed by atoms with E-state index in [0.29, 0.717) is 33.0 Å². The molecule has 0 saturated heterocycles. The normalized spacial score (nSPS) is 10.1. The Kier molecular flexibility index (Phi) is 72.7. The molecule has 0 radical (unpaired) electrons. The standard InChI is InChI=1S/C6H15O3P.C5H12BrO3P.C5H12N3O3P.C3H9BrSi.CH2Br2.CH4N3O3P.N3.Na/c1-4-7-10(8-5-2)9-6-3;1-3-8-10(7,5-6)9-4-2;1-3-10-12(9,11-4-2)5-7-8-6;1-5(2,3)4;2-1-3;2-4-3-1-8(5,6)7;1-3-2;/h4-6H2,1-3H3;3-5H2,1-2H3;3-5H2,1-2H3;1-3H3;1H2;1H2,(H2,5,6,7);;/q;;;;;;-1;+1. The maximum absolute atomic E-state index is 11.5. The minimum atomic E-state index is -4.10. The predicted octanol–water partition coefficient (Wildman–Crippen LogP) is 9.70. The van der Waals surface area contributed by atoms with Crippen LogP contribution in [0.4, 0.5) is 0 Å². The van der Waals surface area contributed by atoms with Crippen LogP contribution < -0.4 is 29.6 Å². The van der Waals surface area contributed by atoms with Gasteiger partial charge in [-0.25, -0.2) is 0 Å². The largest absolute Gasteiger partial charge is 1.00 e. The Labute approximate surface area is 366 Å². The van der Waals surface area contributed by atoms with Crippen LogP contribution in [0, 0.1) is 0 Å². The van der Waals surface area contributed by atoms with Crippen LogP contribution in [0.5, 0.6) is 0 Å². The Morgan fingerprint density at radius 2 is 0.885 bits per heavy atom. The summed E-state index contributed by atoms with van der Waals surface area (Å²) >= 11 is 12.7. The molecule has 0 aliphatic rings. The van der Waals surface area contributed by atoms with E-state index in [1.54, 1.807) is 27.7 Å². The van der Waals surface area contributed by atoms with Crippen molar-refractivity contribution in [1.82, 2.24) is 0 Å². The van der Waals surface area contributed by atoms with Crippen molar-refractivity contribution in [3.63, 3.8) is 0 Å². The SMILES string of the molecule is BrCBr.CCOP(=O)(CBr)OCC.CCOP(=O)(CN=[N+]=[N-])OCC.CCOP(OCC)OCC.C[Si](C)(C)Br.[N-]=[N+]=NCP(=O)(O)O.[N-]=[N+]=[N-].[Na+]. The van der Waals surface area contributed by atoms with Crippen molar-refractivity contribution >= 4 is 101 Å². The van der Waals surface area contributed by atoms with Crippen LogP contribution >= 0.6 is 94.5 Å². The molecule has 0 unspecified atom stereocenters. The molecule has 0 aliphatic heterocycles. The van der Waals surface area contributed by atoms with E-state index in [-0.39, 0.29) is 54.1 Å². The van der Waals surface area contributed by atoms with Crippen molar-refractivity contribution in [2.24, 2.45) is 10.2 Å². The quantitative estimate of drug-likeness (QED) is 0.0232. The predicted molar refractivity (Wildman–Crippen MR) is 222 cm³/mol. The summed E-state index contributed by atoms with van der Waals surface area (Å²) in [4.78, 5) is 22.1. The molecule has 0 spiro atoms. The van der Waals surface area contributed by atoms with Gasteiger partial charge in [-0.1, -0.05) is 77.7 Å². The maximum Gasteiger partial charge on any atom is 1.00 e. The maximum atomic E-state index is 11.5. The van der Waals surface area contributed by atoms with E-state index in [1.165, 1.54) is 4.91 Å². The number of azide groups is 2. The van der Waals surface area contributed by atoms with Gasteiger partial charge in [0.15, 0.2) is 0 Å². The van der Waals surface area contributed by atoms with Gasteiger partial charge in [0.05, 0.1) is 50.5 Å². The Balaban J connectivity index is -0.0000000755. The first-order valence-electron chi connectivity index (χ1n) is 14.5. The van der Waals surface area contributed by atoms with E-state index in [2.05, 4.69) is 103 Å². The van der Waals surface area contributed by atoms with Crippen LogP contribution in [-0.4, -0.2) is 84.6 Å². The summed E-state index contributed by atoms with van der Waals surface area (Å²) in [6, 6.07) is 0. The Morgan fingerprint density at radius 3 is 1.06 bits per heavy atom. The van der Waals surface area contributed by atoms with E-state index in [4.69, 9.17) is 63.6 Å². The van der Waals surface area contributed by atoms with Gasteiger partial charge in [-0.2, -0.15) is 0 Å². The first-order valence-corrected chi connectivity index (χ1v) is 29.9. The van der Waals surface area contributed by atoms with Gasteiger partial charge in [0.25, 0.3) is 0 Å². The minimum absolute atomic E-state index is 0. The summed E-state index contributed by atoms with van der Waals surface area (Å²) in [6.45, 7) is 22.0. The fraction of sp³-hybridized carbons (Fsp3) is 1.00. The average Bonchev–Trinajstić information content (AvgIpc) is 3.01. The van der Waals surface area contributed by atoms with Gasteiger partial charge in [-0.3, -0.25) is 18.6 Å². The van der Waals surface area contributed by atoms with E-state index in [0.717, 1.165) is 4.24 Å². The van der Waals surface area contributed by atoms with Crippen LogP contribution in [0.2, 0.25) is 19.6 Å². The third-order valence-corrected chi connectivity index (χ3v) is 9.88. The van der Waals surface area contributed by atoms with E-state index >= 15 is 0 Å². The smallest absolute Gasteiger partial charge is 0.373 e. The van der Waals surface area contributed by atoms with Crippen molar-refractivity contribution < 1.29 is 84.7 Å². The van der Waals surface area contributed by atoms with E-state index in [9.17, 15) is 13.7 Å². The molecule has 21 nitrogen and oxygen atoms in total. The van der Waals surface area contributed by atoms with Gasteiger partial charge in [-0.15, -0.1) is 15.3 Å². The monoisotopic (exact) mass is 1110 g/mol. The van der Waals surface area contributed by atoms with Crippen molar-refractivity contribution in [3.05, 3.63) is 36.9 Å².